The molecule has 1 nitrogen and oxygen atoms in total. The van der Waals surface area contributed by atoms with Crippen LogP contribution in [0.5, 0.6) is 0 Å². The number of hydrogen-bond donors (Lipinski definition) is 0. The van der Waals surface area contributed by atoms with Crippen molar-refractivity contribution < 1.29 is 4.39 Å². The Labute approximate surface area is 87.8 Å². The average Bonchev–Trinajstić information content (AvgIpc) is 2.15. The number of fused-ring (bicyclic) bond motifs is 1. The van der Waals surface area contributed by atoms with Crippen LogP contribution in [0.2, 0.25) is 0 Å². The van der Waals surface area contributed by atoms with Crippen LogP contribution in [0.1, 0.15) is 16.7 Å². The summed E-state index contributed by atoms with van der Waals surface area (Å²) < 4.78 is 13.2. The van der Waals surface area contributed by atoms with Crippen molar-refractivity contribution in [1.29, 1.82) is 5.26 Å². The summed E-state index contributed by atoms with van der Waals surface area (Å²) in [6, 6.07) is 8.61. The first-order valence-corrected chi connectivity index (χ1v) is 4.72. The molecular formula is C13H10FN. The van der Waals surface area contributed by atoms with Crippen molar-refractivity contribution in [2.24, 2.45) is 0 Å². The molecule has 15 heavy (non-hydrogen) atoms. The zero-order chi connectivity index (χ0) is 11.0. The normalized spacial score (nSPS) is 10.3. The molecule has 0 saturated carbocycles. The lowest BCUT2D eigenvalue weighted by molar-refractivity contribution is 0.628. The molecule has 0 heterocycles. The van der Waals surface area contributed by atoms with Crippen LogP contribution in [-0.2, 0) is 0 Å². The van der Waals surface area contributed by atoms with Crippen molar-refractivity contribution in [3.05, 3.63) is 46.8 Å². The zero-order valence-electron chi connectivity index (χ0n) is 8.63. The molecule has 0 atom stereocenters. The molecule has 0 saturated heterocycles. The van der Waals surface area contributed by atoms with Gasteiger partial charge in [-0.2, -0.15) is 5.26 Å². The van der Waals surface area contributed by atoms with Crippen LogP contribution >= 0.6 is 0 Å². The van der Waals surface area contributed by atoms with E-state index in [4.69, 9.17) is 5.26 Å². The Morgan fingerprint density at radius 1 is 1.07 bits per heavy atom. The van der Waals surface area contributed by atoms with Gasteiger partial charge in [-0.05, 0) is 60.0 Å². The van der Waals surface area contributed by atoms with Gasteiger partial charge in [-0.1, -0.05) is 0 Å². The third-order valence-electron chi connectivity index (χ3n) is 2.54. The van der Waals surface area contributed by atoms with Gasteiger partial charge in [0.1, 0.15) is 5.82 Å². The van der Waals surface area contributed by atoms with Gasteiger partial charge >= 0.3 is 0 Å². The lowest BCUT2D eigenvalue weighted by Crippen LogP contribution is -1.88. The first-order chi connectivity index (χ1) is 7.11. The van der Waals surface area contributed by atoms with E-state index in [1.54, 1.807) is 6.07 Å². The second-order valence-corrected chi connectivity index (χ2v) is 3.73. The van der Waals surface area contributed by atoms with Crippen LogP contribution < -0.4 is 0 Å². The standard InChI is InChI=1S/C13H10FN/c1-8-3-10(7-15)5-11-6-12(14)4-9(2)13(8)11/h3-6H,1-2H3. The Bertz CT molecular complexity index is 579. The van der Waals surface area contributed by atoms with E-state index < -0.39 is 0 Å². The predicted molar refractivity (Wildman–Crippen MR) is 58.1 cm³/mol. The molecule has 2 aromatic carbocycles. The number of aryl methyl sites for hydroxylation is 2. The molecule has 0 unspecified atom stereocenters. The minimum atomic E-state index is -0.255. The van der Waals surface area contributed by atoms with E-state index >= 15 is 0 Å². The van der Waals surface area contributed by atoms with Crippen molar-refractivity contribution in [3.8, 4) is 6.07 Å². The smallest absolute Gasteiger partial charge is 0.124 e. The summed E-state index contributed by atoms with van der Waals surface area (Å²) in [5.74, 6) is -0.255. The molecule has 2 heteroatoms. The zero-order valence-corrected chi connectivity index (χ0v) is 8.63. The molecule has 0 aliphatic rings. The second-order valence-electron chi connectivity index (χ2n) is 3.73. The van der Waals surface area contributed by atoms with E-state index in [1.165, 1.54) is 12.1 Å². The molecule has 0 fully saturated rings. The fourth-order valence-electron chi connectivity index (χ4n) is 2.00. The van der Waals surface area contributed by atoms with Crippen molar-refractivity contribution in [2.45, 2.75) is 13.8 Å². The number of rotatable bonds is 0. The fourth-order valence-corrected chi connectivity index (χ4v) is 2.00. The van der Waals surface area contributed by atoms with Gasteiger partial charge < -0.3 is 0 Å². The topological polar surface area (TPSA) is 23.8 Å². The third kappa shape index (κ3) is 1.57. The number of benzene rings is 2. The maximum atomic E-state index is 13.2. The van der Waals surface area contributed by atoms with Gasteiger partial charge in [-0.25, -0.2) is 4.39 Å². The summed E-state index contributed by atoms with van der Waals surface area (Å²) in [5, 5.41) is 10.6. The van der Waals surface area contributed by atoms with Crippen LogP contribution in [0, 0.1) is 31.0 Å². The minimum absolute atomic E-state index is 0.255. The van der Waals surface area contributed by atoms with Gasteiger partial charge in [0, 0.05) is 0 Å². The van der Waals surface area contributed by atoms with Crippen LogP contribution in [0.4, 0.5) is 4.39 Å². The summed E-state index contributed by atoms with van der Waals surface area (Å²) in [6.45, 7) is 3.82. The molecule has 0 bridgehead atoms. The van der Waals surface area contributed by atoms with Gasteiger partial charge in [0.25, 0.3) is 0 Å². The summed E-state index contributed by atoms with van der Waals surface area (Å²) in [6.07, 6.45) is 0. The first kappa shape index (κ1) is 9.67. The Balaban J connectivity index is 2.93. The number of nitriles is 1. The van der Waals surface area contributed by atoms with Crippen LogP contribution in [0.25, 0.3) is 10.8 Å². The average molecular weight is 199 g/mol. The Kier molecular flexibility index (Phi) is 2.17. The maximum absolute atomic E-state index is 13.2. The molecule has 0 aliphatic carbocycles. The van der Waals surface area contributed by atoms with Crippen molar-refractivity contribution in [3.63, 3.8) is 0 Å². The quantitative estimate of drug-likeness (QED) is 0.637. The monoisotopic (exact) mass is 199 g/mol. The molecule has 2 rings (SSSR count). The van der Waals surface area contributed by atoms with E-state index in [-0.39, 0.29) is 5.82 Å². The number of halogens is 1. The van der Waals surface area contributed by atoms with Gasteiger partial charge in [0.05, 0.1) is 11.6 Å². The molecular weight excluding hydrogens is 189 g/mol. The molecule has 0 amide bonds. The maximum Gasteiger partial charge on any atom is 0.124 e. The molecule has 0 radical (unpaired) electrons. The Hall–Kier alpha value is -1.88. The van der Waals surface area contributed by atoms with Gasteiger partial charge in [0.15, 0.2) is 0 Å². The lowest BCUT2D eigenvalue weighted by atomic mass is 9.98. The van der Waals surface area contributed by atoms with Crippen molar-refractivity contribution in [1.82, 2.24) is 0 Å². The highest BCUT2D eigenvalue weighted by atomic mass is 19.1. The van der Waals surface area contributed by atoms with E-state index in [9.17, 15) is 4.39 Å². The van der Waals surface area contributed by atoms with Crippen LogP contribution in [-0.4, -0.2) is 0 Å². The van der Waals surface area contributed by atoms with Crippen LogP contribution in [0.3, 0.4) is 0 Å². The molecule has 74 valence electrons. The summed E-state index contributed by atoms with van der Waals surface area (Å²) in [5.41, 5.74) is 2.50. The Morgan fingerprint density at radius 2 is 1.73 bits per heavy atom. The molecule has 2 aromatic rings. The molecule has 0 N–H and O–H groups in total. The molecule has 0 aromatic heterocycles. The van der Waals surface area contributed by atoms with E-state index in [2.05, 4.69) is 6.07 Å². The number of hydrogen-bond acceptors (Lipinski definition) is 1. The highest BCUT2D eigenvalue weighted by Gasteiger charge is 2.05. The number of nitrogens with zero attached hydrogens (tertiary/aromatic N) is 1. The largest absolute Gasteiger partial charge is 0.207 e. The summed E-state index contributed by atoms with van der Waals surface area (Å²) in [7, 11) is 0. The van der Waals surface area contributed by atoms with Gasteiger partial charge in [-0.15, -0.1) is 0 Å². The minimum Gasteiger partial charge on any atom is -0.207 e. The van der Waals surface area contributed by atoms with Crippen LogP contribution in [0.15, 0.2) is 24.3 Å². The third-order valence-corrected chi connectivity index (χ3v) is 2.54. The van der Waals surface area contributed by atoms with Gasteiger partial charge in [0.2, 0.25) is 0 Å². The van der Waals surface area contributed by atoms with Crippen molar-refractivity contribution >= 4 is 10.8 Å². The predicted octanol–water partition coefficient (Wildman–Crippen LogP) is 3.47. The highest BCUT2D eigenvalue weighted by Crippen LogP contribution is 2.25. The van der Waals surface area contributed by atoms with E-state index in [0.717, 1.165) is 21.9 Å². The lowest BCUT2D eigenvalue weighted by Gasteiger charge is -2.06. The van der Waals surface area contributed by atoms with Gasteiger partial charge in [-0.3, -0.25) is 0 Å². The van der Waals surface area contributed by atoms with Crippen molar-refractivity contribution in [2.75, 3.05) is 0 Å². The second kappa shape index (κ2) is 3.36. The fraction of sp³-hybridized carbons (Fsp3) is 0.154. The molecule has 0 aliphatic heterocycles. The Morgan fingerprint density at radius 3 is 2.40 bits per heavy atom. The summed E-state index contributed by atoms with van der Waals surface area (Å²) in [4.78, 5) is 0. The van der Waals surface area contributed by atoms with E-state index in [1.807, 2.05) is 19.9 Å². The van der Waals surface area contributed by atoms with E-state index in [0.29, 0.717) is 5.56 Å². The first-order valence-electron chi connectivity index (χ1n) is 4.72. The highest BCUT2D eigenvalue weighted by molar-refractivity contribution is 5.89. The molecule has 0 spiro atoms. The SMILES string of the molecule is Cc1cc(F)cc2cc(C#N)cc(C)c12. The summed E-state index contributed by atoms with van der Waals surface area (Å²) >= 11 is 0.